The summed E-state index contributed by atoms with van der Waals surface area (Å²) in [5.41, 5.74) is 0.394. The van der Waals surface area contributed by atoms with Crippen LogP contribution < -0.4 is 10.6 Å². The molecule has 3 N–H and O–H groups in total. The smallest absolute Gasteiger partial charge is 0.242 e. The van der Waals surface area contributed by atoms with Gasteiger partial charge < -0.3 is 10.6 Å². The summed E-state index contributed by atoms with van der Waals surface area (Å²) in [7, 11) is 1.51. The number of rotatable bonds is 8. The molecule has 0 aromatic heterocycles. The number of nitrogens with zero attached hydrogens (tertiary/aromatic N) is 1. The number of amides is 3. The lowest BCUT2D eigenvalue weighted by Crippen LogP contribution is -2.56. The molecule has 0 heterocycles. The number of hydroxylamine groups is 2. The lowest BCUT2D eigenvalue weighted by molar-refractivity contribution is -0.166. The van der Waals surface area contributed by atoms with Crippen LogP contribution >= 0.6 is 0 Å². The van der Waals surface area contributed by atoms with E-state index in [-0.39, 0.29) is 12.3 Å². The molecule has 0 saturated heterocycles. The van der Waals surface area contributed by atoms with Gasteiger partial charge in [-0.15, -0.1) is 0 Å². The van der Waals surface area contributed by atoms with Crippen LogP contribution in [-0.2, 0) is 20.8 Å². The Bertz CT molecular complexity index is 613. The van der Waals surface area contributed by atoms with E-state index >= 15 is 0 Å². The van der Waals surface area contributed by atoms with Gasteiger partial charge in [0.15, 0.2) is 0 Å². The van der Waals surface area contributed by atoms with Crippen molar-refractivity contribution in [3.05, 3.63) is 35.9 Å². The largest absolute Gasteiger partial charge is 0.357 e. The van der Waals surface area contributed by atoms with Gasteiger partial charge in [0.2, 0.25) is 18.2 Å². The Morgan fingerprint density at radius 1 is 1.19 bits per heavy atom. The fourth-order valence-electron chi connectivity index (χ4n) is 2.70. The Labute approximate surface area is 154 Å². The second kappa shape index (κ2) is 9.33. The number of carbonyl (C=O) groups is 3. The van der Waals surface area contributed by atoms with Crippen molar-refractivity contribution in [3.63, 3.8) is 0 Å². The molecule has 26 heavy (non-hydrogen) atoms. The van der Waals surface area contributed by atoms with Crippen molar-refractivity contribution < 1.29 is 19.6 Å². The number of nitrogens with one attached hydrogen (secondary N) is 2. The molecule has 0 fully saturated rings. The highest BCUT2D eigenvalue weighted by molar-refractivity contribution is 5.89. The van der Waals surface area contributed by atoms with Crippen molar-refractivity contribution in [2.45, 2.75) is 46.2 Å². The second-order valence-electron chi connectivity index (χ2n) is 7.44. The normalized spacial score (nSPS) is 14.7. The minimum Gasteiger partial charge on any atom is -0.357 e. The van der Waals surface area contributed by atoms with Crippen LogP contribution in [0.25, 0.3) is 0 Å². The van der Waals surface area contributed by atoms with Crippen LogP contribution in [0.2, 0.25) is 0 Å². The second-order valence-corrected chi connectivity index (χ2v) is 7.44. The predicted octanol–water partition coefficient (Wildman–Crippen LogP) is 1.36. The van der Waals surface area contributed by atoms with E-state index in [0.29, 0.717) is 11.5 Å². The van der Waals surface area contributed by atoms with Gasteiger partial charge in [-0.2, -0.15) is 0 Å². The van der Waals surface area contributed by atoms with E-state index in [9.17, 15) is 19.6 Å². The molecule has 1 aromatic rings. The Balaban J connectivity index is 3.09. The first-order valence-corrected chi connectivity index (χ1v) is 8.60. The molecule has 3 atom stereocenters. The molecule has 0 bridgehead atoms. The Kier molecular flexibility index (Phi) is 7.76. The van der Waals surface area contributed by atoms with Crippen molar-refractivity contribution in [2.75, 3.05) is 7.05 Å². The van der Waals surface area contributed by atoms with Gasteiger partial charge in [0, 0.05) is 7.05 Å². The first kappa shape index (κ1) is 21.6. The van der Waals surface area contributed by atoms with E-state index in [4.69, 9.17) is 0 Å². The van der Waals surface area contributed by atoms with Crippen LogP contribution in [0.5, 0.6) is 0 Å². The van der Waals surface area contributed by atoms with Crippen LogP contribution in [-0.4, -0.2) is 47.6 Å². The van der Waals surface area contributed by atoms with E-state index in [1.165, 1.54) is 7.05 Å². The highest BCUT2D eigenvalue weighted by atomic mass is 16.5. The third kappa shape index (κ3) is 5.84. The van der Waals surface area contributed by atoms with Crippen molar-refractivity contribution in [3.8, 4) is 0 Å². The predicted molar refractivity (Wildman–Crippen MR) is 98.2 cm³/mol. The maximum atomic E-state index is 12.9. The van der Waals surface area contributed by atoms with Crippen LogP contribution in [0.15, 0.2) is 30.3 Å². The zero-order valence-electron chi connectivity index (χ0n) is 16.0. The molecule has 0 aliphatic rings. The van der Waals surface area contributed by atoms with Gasteiger partial charge in [-0.05, 0) is 24.3 Å². The molecule has 0 aliphatic heterocycles. The van der Waals surface area contributed by atoms with Gasteiger partial charge in [-0.3, -0.25) is 19.6 Å². The standard InChI is InChI=1S/C19H29N3O4/c1-13(22(26)12-23)15(11-14-9-7-6-8-10-14)17(24)21-16(18(25)20-5)19(2,3)4/h6-10,12-13,15-16,26H,11H2,1-5H3,(H,20,25)(H,21,24). The zero-order chi connectivity index (χ0) is 19.9. The number of hydrogen-bond donors (Lipinski definition) is 3. The first-order valence-electron chi connectivity index (χ1n) is 8.60. The summed E-state index contributed by atoms with van der Waals surface area (Å²) in [4.78, 5) is 36.1. The van der Waals surface area contributed by atoms with Gasteiger partial charge >= 0.3 is 0 Å². The highest BCUT2D eigenvalue weighted by Crippen LogP contribution is 2.22. The third-order valence-corrected chi connectivity index (χ3v) is 4.40. The summed E-state index contributed by atoms with van der Waals surface area (Å²) < 4.78 is 0. The number of carbonyl (C=O) groups excluding carboxylic acids is 3. The molecule has 0 radical (unpaired) electrons. The third-order valence-electron chi connectivity index (χ3n) is 4.40. The fraction of sp³-hybridized carbons (Fsp3) is 0.526. The van der Waals surface area contributed by atoms with E-state index in [0.717, 1.165) is 5.56 Å². The molecular weight excluding hydrogens is 334 g/mol. The van der Waals surface area contributed by atoms with E-state index in [1.807, 2.05) is 51.1 Å². The molecule has 1 rings (SSSR count). The quantitative estimate of drug-likeness (QED) is 0.369. The minimum absolute atomic E-state index is 0.274. The Morgan fingerprint density at radius 2 is 1.77 bits per heavy atom. The summed E-state index contributed by atoms with van der Waals surface area (Å²) in [6, 6.07) is 7.83. The SMILES string of the molecule is CNC(=O)C(NC(=O)C(Cc1ccccc1)C(C)N(O)C=O)C(C)(C)C. The first-order chi connectivity index (χ1) is 12.1. The van der Waals surface area contributed by atoms with Gasteiger partial charge in [0.25, 0.3) is 0 Å². The minimum atomic E-state index is -0.752. The molecule has 7 heteroatoms. The number of benzene rings is 1. The lowest BCUT2D eigenvalue weighted by atomic mass is 9.84. The van der Waals surface area contributed by atoms with E-state index in [1.54, 1.807) is 6.92 Å². The number of likely N-dealkylation sites (N-methyl/N-ethyl adjacent to an activating group) is 1. The Morgan fingerprint density at radius 3 is 2.23 bits per heavy atom. The summed E-state index contributed by atoms with van der Waals surface area (Å²) in [6.45, 7) is 7.15. The van der Waals surface area contributed by atoms with E-state index < -0.39 is 29.3 Å². The number of hydrogen-bond acceptors (Lipinski definition) is 4. The molecule has 0 saturated carbocycles. The molecule has 1 aromatic carbocycles. The molecule has 0 aliphatic carbocycles. The molecular formula is C19H29N3O4. The van der Waals surface area contributed by atoms with Crippen LogP contribution in [0.3, 0.4) is 0 Å². The van der Waals surface area contributed by atoms with Crippen molar-refractivity contribution in [2.24, 2.45) is 11.3 Å². The van der Waals surface area contributed by atoms with Crippen molar-refractivity contribution in [1.82, 2.24) is 15.7 Å². The van der Waals surface area contributed by atoms with Crippen molar-refractivity contribution >= 4 is 18.2 Å². The van der Waals surface area contributed by atoms with Crippen LogP contribution in [0, 0.1) is 11.3 Å². The van der Waals surface area contributed by atoms with E-state index in [2.05, 4.69) is 10.6 Å². The summed E-state index contributed by atoms with van der Waals surface area (Å²) in [5.74, 6) is -1.42. The van der Waals surface area contributed by atoms with Crippen LogP contribution in [0.1, 0.15) is 33.3 Å². The maximum absolute atomic E-state index is 12.9. The Hall–Kier alpha value is -2.41. The summed E-state index contributed by atoms with van der Waals surface area (Å²) >= 11 is 0. The highest BCUT2D eigenvalue weighted by Gasteiger charge is 2.36. The fourth-order valence-corrected chi connectivity index (χ4v) is 2.70. The average molecular weight is 363 g/mol. The molecule has 144 valence electrons. The van der Waals surface area contributed by atoms with Gasteiger partial charge in [-0.1, -0.05) is 51.1 Å². The molecule has 3 amide bonds. The lowest BCUT2D eigenvalue weighted by Gasteiger charge is -2.33. The topological polar surface area (TPSA) is 98.7 Å². The molecule has 0 spiro atoms. The van der Waals surface area contributed by atoms with Gasteiger partial charge in [0.05, 0.1) is 12.0 Å². The van der Waals surface area contributed by atoms with Crippen LogP contribution in [0.4, 0.5) is 0 Å². The molecule has 3 unspecified atom stereocenters. The van der Waals surface area contributed by atoms with Crippen molar-refractivity contribution in [1.29, 1.82) is 0 Å². The maximum Gasteiger partial charge on any atom is 0.242 e. The van der Waals surface area contributed by atoms with Gasteiger partial charge in [-0.25, -0.2) is 5.06 Å². The molecule has 7 nitrogen and oxygen atoms in total. The summed E-state index contributed by atoms with van der Waals surface area (Å²) in [5, 5.41) is 15.6. The zero-order valence-corrected chi connectivity index (χ0v) is 16.0. The summed E-state index contributed by atoms with van der Waals surface area (Å²) in [6.07, 6.45) is 0.597. The average Bonchev–Trinajstić information content (AvgIpc) is 2.61. The monoisotopic (exact) mass is 363 g/mol. The van der Waals surface area contributed by atoms with Gasteiger partial charge in [0.1, 0.15) is 6.04 Å².